The van der Waals surface area contributed by atoms with Crippen LogP contribution in [0.4, 0.5) is 0 Å². The van der Waals surface area contributed by atoms with Gasteiger partial charge in [0.2, 0.25) is 0 Å². The minimum Gasteiger partial charge on any atom is -0.336 e. The fourth-order valence-electron chi connectivity index (χ4n) is 4.27. The average Bonchev–Trinajstić information content (AvgIpc) is 3.39. The van der Waals surface area contributed by atoms with Crippen molar-refractivity contribution in [2.24, 2.45) is 0 Å². The van der Waals surface area contributed by atoms with Gasteiger partial charge in [0.15, 0.2) is 0 Å². The number of benzene rings is 2. The lowest BCUT2D eigenvalue weighted by atomic mass is 10.0. The molecule has 0 bridgehead atoms. The molecule has 1 amide bonds. The number of rotatable bonds is 5. The van der Waals surface area contributed by atoms with Gasteiger partial charge in [-0.05, 0) is 42.1 Å². The smallest absolute Gasteiger partial charge is 0.254 e. The SMILES string of the molecule is Cc1ccc2nc(-c3cccs3)cc(C(=O)N3CCN(C/C=C/c4ccccc4)CC3)c2c1. The first-order chi connectivity index (χ1) is 16.2. The number of piperazine rings is 1. The zero-order valence-electron chi connectivity index (χ0n) is 18.8. The molecule has 5 rings (SSSR count). The maximum absolute atomic E-state index is 13.6. The van der Waals surface area contributed by atoms with Crippen molar-refractivity contribution < 1.29 is 4.79 Å². The van der Waals surface area contributed by atoms with E-state index >= 15 is 0 Å². The Morgan fingerprint density at radius 1 is 1.00 bits per heavy atom. The summed E-state index contributed by atoms with van der Waals surface area (Å²) in [7, 11) is 0. The zero-order chi connectivity index (χ0) is 22.6. The quantitative estimate of drug-likeness (QED) is 0.386. The maximum atomic E-state index is 13.6. The van der Waals surface area contributed by atoms with Crippen LogP contribution in [-0.2, 0) is 0 Å². The second-order valence-corrected chi connectivity index (χ2v) is 9.41. The summed E-state index contributed by atoms with van der Waals surface area (Å²) >= 11 is 1.65. The van der Waals surface area contributed by atoms with Crippen LogP contribution in [0.5, 0.6) is 0 Å². The van der Waals surface area contributed by atoms with Crippen molar-refractivity contribution in [1.29, 1.82) is 0 Å². The van der Waals surface area contributed by atoms with Crippen molar-refractivity contribution in [3.05, 3.63) is 94.9 Å². The summed E-state index contributed by atoms with van der Waals surface area (Å²) in [6.45, 7) is 6.19. The third-order valence-electron chi connectivity index (χ3n) is 6.10. The molecule has 1 aliphatic heterocycles. The fourth-order valence-corrected chi connectivity index (χ4v) is 4.96. The normalized spacial score (nSPS) is 14.9. The van der Waals surface area contributed by atoms with Crippen LogP contribution in [0.25, 0.3) is 27.6 Å². The number of hydrogen-bond acceptors (Lipinski definition) is 4. The lowest BCUT2D eigenvalue weighted by molar-refractivity contribution is 0.0652. The van der Waals surface area contributed by atoms with Crippen LogP contribution >= 0.6 is 11.3 Å². The second kappa shape index (κ2) is 9.69. The number of fused-ring (bicyclic) bond motifs is 1. The molecule has 33 heavy (non-hydrogen) atoms. The Bertz CT molecular complexity index is 1270. The minimum absolute atomic E-state index is 0.102. The number of carbonyl (C=O) groups excluding carboxylic acids is 1. The van der Waals surface area contributed by atoms with Gasteiger partial charge in [-0.15, -0.1) is 11.3 Å². The van der Waals surface area contributed by atoms with Crippen molar-refractivity contribution in [3.63, 3.8) is 0 Å². The molecule has 4 aromatic rings. The summed E-state index contributed by atoms with van der Waals surface area (Å²) < 4.78 is 0. The summed E-state index contributed by atoms with van der Waals surface area (Å²) in [5.74, 6) is 0.102. The molecule has 2 aromatic carbocycles. The van der Waals surface area contributed by atoms with E-state index in [0.717, 1.165) is 65.3 Å². The van der Waals surface area contributed by atoms with Crippen LogP contribution in [0.3, 0.4) is 0 Å². The van der Waals surface area contributed by atoms with E-state index in [1.807, 2.05) is 34.5 Å². The number of aryl methyl sites for hydroxylation is 1. The highest BCUT2D eigenvalue weighted by molar-refractivity contribution is 7.13. The van der Waals surface area contributed by atoms with Gasteiger partial charge in [0.25, 0.3) is 5.91 Å². The van der Waals surface area contributed by atoms with Gasteiger partial charge in [0, 0.05) is 38.1 Å². The molecule has 4 nitrogen and oxygen atoms in total. The van der Waals surface area contributed by atoms with Gasteiger partial charge in [0.05, 0.1) is 21.7 Å². The number of thiophene rings is 1. The van der Waals surface area contributed by atoms with Gasteiger partial charge < -0.3 is 4.90 Å². The number of nitrogens with zero attached hydrogens (tertiary/aromatic N) is 3. The molecule has 1 fully saturated rings. The molecule has 0 N–H and O–H groups in total. The largest absolute Gasteiger partial charge is 0.336 e. The molecular formula is C28H27N3OS. The van der Waals surface area contributed by atoms with Crippen LogP contribution in [0.1, 0.15) is 21.5 Å². The standard InChI is InChI=1S/C28H27N3OS/c1-21-11-12-25-23(19-21)24(20-26(29-25)27-10-6-18-33-27)28(32)31-16-14-30(15-17-31)13-5-9-22-7-3-2-4-8-22/h2-12,18-20H,13-17H2,1H3/b9-5+. The Hall–Kier alpha value is -3.28. The highest BCUT2D eigenvalue weighted by atomic mass is 32.1. The summed E-state index contributed by atoms with van der Waals surface area (Å²) in [5, 5.41) is 2.98. The Morgan fingerprint density at radius 2 is 1.82 bits per heavy atom. The first-order valence-electron chi connectivity index (χ1n) is 11.4. The predicted octanol–water partition coefficient (Wildman–Crippen LogP) is 5.74. The first-order valence-corrected chi connectivity index (χ1v) is 12.2. The van der Waals surface area contributed by atoms with Crippen molar-refractivity contribution in [3.8, 4) is 10.6 Å². The summed E-state index contributed by atoms with van der Waals surface area (Å²) in [4.78, 5) is 23.9. The molecule has 0 atom stereocenters. The Kier molecular flexibility index (Phi) is 6.33. The predicted molar refractivity (Wildman–Crippen MR) is 138 cm³/mol. The third-order valence-corrected chi connectivity index (χ3v) is 6.99. The van der Waals surface area contributed by atoms with E-state index in [-0.39, 0.29) is 5.91 Å². The molecule has 0 radical (unpaired) electrons. The molecular weight excluding hydrogens is 426 g/mol. The van der Waals surface area contributed by atoms with Crippen LogP contribution in [0.15, 0.2) is 78.2 Å². The first kappa shape index (κ1) is 21.6. The van der Waals surface area contributed by atoms with E-state index in [9.17, 15) is 4.79 Å². The summed E-state index contributed by atoms with van der Waals surface area (Å²) in [5.41, 5.74) is 4.85. The molecule has 5 heteroatoms. The van der Waals surface area contributed by atoms with Gasteiger partial charge in [-0.2, -0.15) is 0 Å². The Morgan fingerprint density at radius 3 is 2.58 bits per heavy atom. The molecule has 1 aliphatic rings. The van der Waals surface area contributed by atoms with E-state index in [4.69, 9.17) is 4.98 Å². The molecule has 166 valence electrons. The van der Waals surface area contributed by atoms with E-state index in [1.54, 1.807) is 11.3 Å². The van der Waals surface area contributed by atoms with Crippen LogP contribution in [0, 0.1) is 6.92 Å². The van der Waals surface area contributed by atoms with Gasteiger partial charge in [-0.25, -0.2) is 4.98 Å². The molecule has 0 aliphatic carbocycles. The number of pyridine rings is 1. The second-order valence-electron chi connectivity index (χ2n) is 8.46. The highest BCUT2D eigenvalue weighted by Crippen LogP contribution is 2.29. The van der Waals surface area contributed by atoms with Crippen LogP contribution < -0.4 is 0 Å². The van der Waals surface area contributed by atoms with Gasteiger partial charge in [-0.3, -0.25) is 9.69 Å². The van der Waals surface area contributed by atoms with Crippen LogP contribution in [0.2, 0.25) is 0 Å². The molecule has 2 aromatic heterocycles. The molecule has 0 saturated carbocycles. The Balaban J connectivity index is 1.32. The van der Waals surface area contributed by atoms with Crippen molar-refractivity contribution >= 4 is 34.2 Å². The number of carbonyl (C=O) groups is 1. The molecule has 0 unspecified atom stereocenters. The van der Waals surface area contributed by atoms with Crippen molar-refractivity contribution in [2.75, 3.05) is 32.7 Å². The van der Waals surface area contributed by atoms with Crippen LogP contribution in [-0.4, -0.2) is 53.4 Å². The van der Waals surface area contributed by atoms with Crippen molar-refractivity contribution in [1.82, 2.24) is 14.8 Å². The van der Waals surface area contributed by atoms with Gasteiger partial charge in [-0.1, -0.05) is 60.2 Å². The fraction of sp³-hybridized carbons (Fsp3) is 0.214. The summed E-state index contributed by atoms with van der Waals surface area (Å²) in [6.07, 6.45) is 4.37. The topological polar surface area (TPSA) is 36.4 Å². The minimum atomic E-state index is 0.102. The maximum Gasteiger partial charge on any atom is 0.254 e. The van der Waals surface area contributed by atoms with Gasteiger partial charge >= 0.3 is 0 Å². The average molecular weight is 454 g/mol. The number of aromatic nitrogens is 1. The number of hydrogen-bond donors (Lipinski definition) is 0. The van der Waals surface area contributed by atoms with E-state index in [2.05, 4.69) is 66.4 Å². The number of amides is 1. The van der Waals surface area contributed by atoms with E-state index in [0.29, 0.717) is 0 Å². The third kappa shape index (κ3) is 4.90. The van der Waals surface area contributed by atoms with Crippen molar-refractivity contribution in [2.45, 2.75) is 6.92 Å². The lowest BCUT2D eigenvalue weighted by Crippen LogP contribution is -2.48. The molecule has 1 saturated heterocycles. The van der Waals surface area contributed by atoms with E-state index < -0.39 is 0 Å². The molecule has 0 spiro atoms. The zero-order valence-corrected chi connectivity index (χ0v) is 19.6. The molecule has 3 heterocycles. The summed E-state index contributed by atoms with van der Waals surface area (Å²) in [6, 6.07) is 22.6. The Labute approximate surface area is 198 Å². The highest BCUT2D eigenvalue weighted by Gasteiger charge is 2.24. The monoisotopic (exact) mass is 453 g/mol. The lowest BCUT2D eigenvalue weighted by Gasteiger charge is -2.34. The van der Waals surface area contributed by atoms with E-state index in [1.165, 1.54) is 5.56 Å². The van der Waals surface area contributed by atoms with Gasteiger partial charge in [0.1, 0.15) is 0 Å².